The van der Waals surface area contributed by atoms with E-state index >= 15 is 0 Å². The van der Waals surface area contributed by atoms with E-state index < -0.39 is 5.97 Å². The molecule has 0 aliphatic heterocycles. The first-order valence-electron chi connectivity index (χ1n) is 13.7. The first-order chi connectivity index (χ1) is 14.8. The molecule has 0 rings (SSSR count). The normalized spacial score (nSPS) is 11.2. The fourth-order valence-corrected chi connectivity index (χ4v) is 4.92. The third-order valence-corrected chi connectivity index (χ3v) is 7.20. The van der Waals surface area contributed by atoms with Crippen LogP contribution in [-0.2, 0) is 4.79 Å². The second kappa shape index (κ2) is 27.1. The summed E-state index contributed by atoms with van der Waals surface area (Å²) in [4.78, 5) is 10.4. The molecule has 0 heterocycles. The summed E-state index contributed by atoms with van der Waals surface area (Å²) in [5.41, 5.74) is 0. The van der Waals surface area contributed by atoms with E-state index in [0.717, 1.165) is 12.8 Å². The zero-order chi connectivity index (χ0) is 22.0. The van der Waals surface area contributed by atoms with Gasteiger partial charge in [0.2, 0.25) is 0 Å². The third kappa shape index (κ3) is 28.0. The summed E-state index contributed by atoms with van der Waals surface area (Å²) < 4.78 is 0. The van der Waals surface area contributed by atoms with E-state index in [2.05, 4.69) is 0 Å². The number of hydrogen-bond acceptors (Lipinski definition) is 1. The fraction of sp³-hybridized carbons (Fsp3) is 0.963. The standard InChI is InChI=1S/C27H55AsO2/c28-26-24-22-20-18-16-14-12-10-8-6-4-2-1-3-5-7-9-11-13-15-17-19-21-23-25-27(29)30/h1-26,28H2,(H,29,30). The number of carboxylic acid groups (broad SMARTS) is 1. The Hall–Kier alpha value is 0.0284. The molecule has 0 bridgehead atoms. The van der Waals surface area contributed by atoms with Crippen LogP contribution in [0.4, 0.5) is 0 Å². The molecule has 0 amide bonds. The van der Waals surface area contributed by atoms with Gasteiger partial charge in [0.1, 0.15) is 0 Å². The van der Waals surface area contributed by atoms with Gasteiger partial charge in [-0.1, -0.05) is 77.0 Å². The summed E-state index contributed by atoms with van der Waals surface area (Å²) in [5.74, 6) is -0.649. The second-order valence-corrected chi connectivity index (χ2v) is 10.6. The van der Waals surface area contributed by atoms with Crippen LogP contribution in [0.5, 0.6) is 0 Å². The molecule has 3 heteroatoms. The van der Waals surface area contributed by atoms with Gasteiger partial charge in [-0.25, -0.2) is 0 Å². The van der Waals surface area contributed by atoms with Gasteiger partial charge in [0.05, 0.1) is 0 Å². The van der Waals surface area contributed by atoms with Crippen molar-refractivity contribution in [1.82, 2.24) is 0 Å². The number of carbonyl (C=O) groups is 1. The Kier molecular flexibility index (Phi) is 27.1. The van der Waals surface area contributed by atoms with Crippen LogP contribution in [0.1, 0.15) is 161 Å². The number of hydrogen-bond donors (Lipinski definition) is 1. The SMILES string of the molecule is O=C(O)CCCCCCCCCCCCCCCCCCCCCCCCCC[AsH2]. The average molecular weight is 487 g/mol. The molecule has 0 spiro atoms. The van der Waals surface area contributed by atoms with Crippen LogP contribution >= 0.6 is 0 Å². The Bertz CT molecular complexity index is 333. The van der Waals surface area contributed by atoms with Gasteiger partial charge in [-0.15, -0.1) is 0 Å². The van der Waals surface area contributed by atoms with Gasteiger partial charge in [-0.2, -0.15) is 0 Å². The molecule has 0 fully saturated rings. The van der Waals surface area contributed by atoms with Crippen LogP contribution in [0.2, 0.25) is 5.21 Å². The van der Waals surface area contributed by atoms with Crippen molar-refractivity contribution in [1.29, 1.82) is 0 Å². The molecule has 0 saturated carbocycles. The fourth-order valence-electron chi connectivity index (χ4n) is 4.31. The monoisotopic (exact) mass is 486 g/mol. The van der Waals surface area contributed by atoms with Gasteiger partial charge in [-0.3, -0.25) is 4.79 Å². The maximum atomic E-state index is 10.4. The Labute approximate surface area is 198 Å². The number of aliphatic carboxylic acids is 1. The van der Waals surface area contributed by atoms with Crippen LogP contribution in [0.3, 0.4) is 0 Å². The summed E-state index contributed by atoms with van der Waals surface area (Å²) in [5, 5.41) is 10.0. The molecule has 2 nitrogen and oxygen atoms in total. The Balaban J connectivity index is 2.99. The molecule has 1 atom stereocenters. The zero-order valence-corrected chi connectivity index (χ0v) is 22.7. The summed E-state index contributed by atoms with van der Waals surface area (Å²) in [6.45, 7) is 0. The molecule has 180 valence electrons. The first-order valence-corrected chi connectivity index (χ1v) is 15.4. The predicted molar refractivity (Wildman–Crippen MR) is 136 cm³/mol. The van der Waals surface area contributed by atoms with Gasteiger partial charge in [0, 0.05) is 6.42 Å². The van der Waals surface area contributed by atoms with Gasteiger partial charge in [0.25, 0.3) is 0 Å². The van der Waals surface area contributed by atoms with E-state index in [-0.39, 0.29) is 0 Å². The summed E-state index contributed by atoms with van der Waals surface area (Å²) >= 11 is 1.89. The van der Waals surface area contributed by atoms with E-state index in [4.69, 9.17) is 5.11 Å². The van der Waals surface area contributed by atoms with Crippen molar-refractivity contribution in [2.75, 3.05) is 0 Å². The van der Waals surface area contributed by atoms with Gasteiger partial charge in [0.15, 0.2) is 0 Å². The molecule has 0 aromatic carbocycles. The Morgan fingerprint density at radius 2 is 0.600 bits per heavy atom. The molecule has 0 saturated heterocycles. The Morgan fingerprint density at radius 3 is 0.800 bits per heavy atom. The third-order valence-electron chi connectivity index (χ3n) is 6.34. The first kappa shape index (κ1) is 30.0. The van der Waals surface area contributed by atoms with Crippen molar-refractivity contribution in [3.8, 4) is 0 Å². The van der Waals surface area contributed by atoms with Gasteiger partial charge < -0.3 is 5.11 Å². The van der Waals surface area contributed by atoms with Gasteiger partial charge in [-0.05, 0) is 6.42 Å². The van der Waals surface area contributed by atoms with Crippen molar-refractivity contribution in [3.63, 3.8) is 0 Å². The van der Waals surface area contributed by atoms with Crippen LogP contribution in [-0.4, -0.2) is 27.9 Å². The summed E-state index contributed by atoms with van der Waals surface area (Å²) in [7, 11) is 0. The van der Waals surface area contributed by atoms with Crippen LogP contribution < -0.4 is 0 Å². The minimum absolute atomic E-state index is 0.347. The molecule has 30 heavy (non-hydrogen) atoms. The van der Waals surface area contributed by atoms with E-state index in [1.165, 1.54) is 146 Å². The zero-order valence-electron chi connectivity index (χ0n) is 20.3. The van der Waals surface area contributed by atoms with Crippen molar-refractivity contribution >= 4 is 22.8 Å². The summed E-state index contributed by atoms with van der Waals surface area (Å²) in [6.07, 6.45) is 33.7. The van der Waals surface area contributed by atoms with E-state index in [1.54, 1.807) is 0 Å². The molecule has 0 aliphatic rings. The van der Waals surface area contributed by atoms with E-state index in [1.807, 2.05) is 16.9 Å². The molecule has 1 N–H and O–H groups in total. The molecule has 0 radical (unpaired) electrons. The van der Waals surface area contributed by atoms with Crippen LogP contribution in [0, 0.1) is 0 Å². The van der Waals surface area contributed by atoms with Crippen molar-refractivity contribution in [2.45, 2.75) is 166 Å². The predicted octanol–water partition coefficient (Wildman–Crippen LogP) is 8.87. The van der Waals surface area contributed by atoms with E-state index in [0.29, 0.717) is 6.42 Å². The Morgan fingerprint density at radius 1 is 0.400 bits per heavy atom. The number of unbranched alkanes of at least 4 members (excludes halogenated alkanes) is 23. The van der Waals surface area contributed by atoms with Crippen LogP contribution in [0.15, 0.2) is 0 Å². The van der Waals surface area contributed by atoms with E-state index in [9.17, 15) is 4.79 Å². The second-order valence-electron chi connectivity index (χ2n) is 9.42. The summed E-state index contributed by atoms with van der Waals surface area (Å²) in [6, 6.07) is 0. The van der Waals surface area contributed by atoms with Crippen molar-refractivity contribution < 1.29 is 9.90 Å². The average Bonchev–Trinajstić information content (AvgIpc) is 2.73. The maximum absolute atomic E-state index is 10.4. The topological polar surface area (TPSA) is 37.3 Å². The molecule has 0 aliphatic carbocycles. The van der Waals surface area contributed by atoms with Gasteiger partial charge >= 0.3 is 98.7 Å². The quantitative estimate of drug-likeness (QED) is 0.0979. The molecular weight excluding hydrogens is 431 g/mol. The van der Waals surface area contributed by atoms with Crippen molar-refractivity contribution in [3.05, 3.63) is 0 Å². The van der Waals surface area contributed by atoms with Crippen LogP contribution in [0.25, 0.3) is 0 Å². The minimum atomic E-state index is -0.649. The molecule has 1 unspecified atom stereocenters. The number of carboxylic acids is 1. The molecule has 0 aromatic rings. The molecule has 0 aromatic heterocycles. The number of rotatable bonds is 26. The van der Waals surface area contributed by atoms with Crippen molar-refractivity contribution in [2.24, 2.45) is 0 Å². The molecular formula is C27H55AsO2.